The smallest absolute Gasteiger partial charge is 0.263 e. The summed E-state index contributed by atoms with van der Waals surface area (Å²) in [4.78, 5) is 12.5. The van der Waals surface area contributed by atoms with Gasteiger partial charge in [-0.15, -0.1) is 0 Å². The molecule has 1 heterocycles. The number of rotatable bonds is 8. The van der Waals surface area contributed by atoms with E-state index in [0.29, 0.717) is 40.4 Å². The lowest BCUT2D eigenvalue weighted by Crippen LogP contribution is -2.17. The van der Waals surface area contributed by atoms with Crippen LogP contribution in [0.5, 0.6) is 17.2 Å². The number of hydrogen-bond donors (Lipinski definition) is 1. The minimum Gasteiger partial charge on any atom is -0.493 e. The van der Waals surface area contributed by atoms with Crippen LogP contribution in [0.2, 0.25) is 0 Å². The van der Waals surface area contributed by atoms with E-state index in [4.69, 9.17) is 26.4 Å². The van der Waals surface area contributed by atoms with Gasteiger partial charge >= 0.3 is 0 Å². The lowest BCUT2D eigenvalue weighted by atomic mass is 10.1. The van der Waals surface area contributed by atoms with Crippen molar-refractivity contribution in [1.82, 2.24) is 5.32 Å². The van der Waals surface area contributed by atoms with E-state index in [-0.39, 0.29) is 5.91 Å². The van der Waals surface area contributed by atoms with Gasteiger partial charge in [-0.05, 0) is 49.2 Å². The van der Waals surface area contributed by atoms with E-state index >= 15 is 0 Å². The van der Waals surface area contributed by atoms with Gasteiger partial charge in [-0.2, -0.15) is 0 Å². The third kappa shape index (κ3) is 5.52. The van der Waals surface area contributed by atoms with Crippen LogP contribution < -0.4 is 19.5 Å². The fourth-order valence-electron chi connectivity index (χ4n) is 2.75. The number of nitrogens with one attached hydrogen (secondary N) is 1. The molecule has 2 aromatic rings. The van der Waals surface area contributed by atoms with Crippen LogP contribution >= 0.6 is 24.0 Å². The number of benzene rings is 2. The highest BCUT2D eigenvalue weighted by Crippen LogP contribution is 2.35. The van der Waals surface area contributed by atoms with Crippen LogP contribution in [0.4, 0.5) is 0 Å². The van der Waals surface area contributed by atoms with Crippen LogP contribution in [0.15, 0.2) is 41.3 Å². The Balaban J connectivity index is 1.62. The van der Waals surface area contributed by atoms with E-state index in [1.807, 2.05) is 30.3 Å². The van der Waals surface area contributed by atoms with Crippen LogP contribution in [-0.4, -0.2) is 30.6 Å². The van der Waals surface area contributed by atoms with Crippen molar-refractivity contribution in [2.24, 2.45) is 0 Å². The number of aryl methyl sites for hydroxylation is 2. The van der Waals surface area contributed by atoms with Gasteiger partial charge in [-0.1, -0.05) is 42.2 Å². The van der Waals surface area contributed by atoms with E-state index in [1.165, 1.54) is 22.9 Å². The maximum atomic E-state index is 12.0. The zero-order chi connectivity index (χ0) is 20.8. The first-order valence-electron chi connectivity index (χ1n) is 9.22. The second-order valence-corrected chi connectivity index (χ2v) is 8.25. The van der Waals surface area contributed by atoms with E-state index in [9.17, 15) is 4.79 Å². The molecule has 0 aliphatic carbocycles. The molecule has 0 aromatic heterocycles. The Morgan fingerprint density at radius 2 is 1.90 bits per heavy atom. The fraction of sp³-hybridized carbons (Fsp3) is 0.273. The Bertz CT molecular complexity index is 956. The highest BCUT2D eigenvalue weighted by Gasteiger charge is 2.23. The summed E-state index contributed by atoms with van der Waals surface area (Å²) in [6.45, 7) is 5.15. The van der Waals surface area contributed by atoms with Crippen molar-refractivity contribution in [3.8, 4) is 17.2 Å². The predicted octanol–water partition coefficient (Wildman–Crippen LogP) is 4.65. The summed E-state index contributed by atoms with van der Waals surface area (Å²) < 4.78 is 17.7. The van der Waals surface area contributed by atoms with Crippen LogP contribution in [0.3, 0.4) is 0 Å². The number of ether oxygens (including phenoxy) is 3. The van der Waals surface area contributed by atoms with E-state index in [1.54, 1.807) is 13.2 Å². The highest BCUT2D eigenvalue weighted by molar-refractivity contribution is 8.26. The number of thiocarbonyl (C=S) groups is 1. The fourth-order valence-corrected chi connectivity index (χ4v) is 3.79. The molecule has 7 heteroatoms. The van der Waals surface area contributed by atoms with Crippen molar-refractivity contribution < 1.29 is 19.0 Å². The van der Waals surface area contributed by atoms with Crippen LogP contribution in [-0.2, 0) is 4.79 Å². The minimum atomic E-state index is -0.199. The van der Waals surface area contributed by atoms with Gasteiger partial charge in [-0.3, -0.25) is 4.79 Å². The molecule has 0 radical (unpaired) electrons. The van der Waals surface area contributed by atoms with Crippen molar-refractivity contribution >= 4 is 40.3 Å². The number of para-hydroxylation sites is 1. The topological polar surface area (TPSA) is 56.8 Å². The Labute approximate surface area is 180 Å². The SMILES string of the molecule is COc1cccc(/C=C2\SC(=S)NC2=O)c1OCCCOc1ccc(C)c(C)c1. The summed E-state index contributed by atoms with van der Waals surface area (Å²) in [5, 5.41) is 2.62. The first-order chi connectivity index (χ1) is 14.0. The normalized spacial score (nSPS) is 14.8. The average Bonchev–Trinajstić information content (AvgIpc) is 3.02. The van der Waals surface area contributed by atoms with Crippen LogP contribution in [0.25, 0.3) is 6.08 Å². The van der Waals surface area contributed by atoms with E-state index in [2.05, 4.69) is 25.2 Å². The van der Waals surface area contributed by atoms with Crippen molar-refractivity contribution in [1.29, 1.82) is 0 Å². The van der Waals surface area contributed by atoms with Gasteiger partial charge in [0.2, 0.25) is 0 Å². The first kappa shape index (κ1) is 21.2. The molecule has 1 amide bonds. The summed E-state index contributed by atoms with van der Waals surface area (Å²) in [5.74, 6) is 1.87. The second kappa shape index (κ2) is 9.80. The maximum absolute atomic E-state index is 12.0. The molecule has 29 heavy (non-hydrogen) atoms. The summed E-state index contributed by atoms with van der Waals surface area (Å²) >= 11 is 6.28. The number of carbonyl (C=O) groups is 1. The Morgan fingerprint density at radius 3 is 2.59 bits per heavy atom. The lowest BCUT2D eigenvalue weighted by Gasteiger charge is -2.14. The summed E-state index contributed by atoms with van der Waals surface area (Å²) in [7, 11) is 1.59. The van der Waals surface area contributed by atoms with Gasteiger partial charge in [0.05, 0.1) is 25.2 Å². The van der Waals surface area contributed by atoms with Gasteiger partial charge < -0.3 is 19.5 Å². The molecule has 5 nitrogen and oxygen atoms in total. The summed E-state index contributed by atoms with van der Waals surface area (Å²) in [6, 6.07) is 11.6. The predicted molar refractivity (Wildman–Crippen MR) is 121 cm³/mol. The molecule has 0 saturated carbocycles. The zero-order valence-electron chi connectivity index (χ0n) is 16.6. The largest absolute Gasteiger partial charge is 0.493 e. The molecular formula is C22H23NO4S2. The van der Waals surface area contributed by atoms with Crippen molar-refractivity contribution in [2.75, 3.05) is 20.3 Å². The molecule has 0 atom stereocenters. The summed E-state index contributed by atoms with van der Waals surface area (Å²) in [6.07, 6.45) is 2.48. The van der Waals surface area contributed by atoms with E-state index in [0.717, 1.165) is 11.3 Å². The molecule has 0 unspecified atom stereocenters. The number of carbonyl (C=O) groups excluding carboxylic acids is 1. The lowest BCUT2D eigenvalue weighted by molar-refractivity contribution is -0.115. The van der Waals surface area contributed by atoms with Gasteiger partial charge in [0.25, 0.3) is 5.91 Å². The minimum absolute atomic E-state index is 0.199. The molecule has 1 fully saturated rings. The average molecular weight is 430 g/mol. The second-order valence-electron chi connectivity index (χ2n) is 6.53. The number of methoxy groups -OCH3 is 1. The summed E-state index contributed by atoms with van der Waals surface area (Å²) in [5.41, 5.74) is 3.22. The molecule has 0 bridgehead atoms. The highest BCUT2D eigenvalue weighted by atomic mass is 32.2. The Hall–Kier alpha value is -2.51. The number of amides is 1. The molecule has 2 aromatic carbocycles. The number of thioether (sulfide) groups is 1. The third-order valence-corrected chi connectivity index (χ3v) is 5.60. The van der Waals surface area contributed by atoms with Gasteiger partial charge in [0.15, 0.2) is 11.5 Å². The molecule has 1 saturated heterocycles. The molecule has 152 valence electrons. The standard InChI is InChI=1S/C22H23NO4S2/c1-14-8-9-17(12-15(14)2)26-10-5-11-27-20-16(6-4-7-18(20)25-3)13-19-21(24)23-22(28)29-19/h4,6-9,12-13H,5,10-11H2,1-3H3,(H,23,24,28)/b19-13-. The van der Waals surface area contributed by atoms with Crippen molar-refractivity contribution in [3.05, 3.63) is 58.0 Å². The van der Waals surface area contributed by atoms with Crippen LogP contribution in [0, 0.1) is 13.8 Å². The van der Waals surface area contributed by atoms with Crippen LogP contribution in [0.1, 0.15) is 23.1 Å². The van der Waals surface area contributed by atoms with Gasteiger partial charge in [0.1, 0.15) is 10.1 Å². The monoisotopic (exact) mass is 429 g/mol. The van der Waals surface area contributed by atoms with Crippen molar-refractivity contribution in [2.45, 2.75) is 20.3 Å². The Morgan fingerprint density at radius 1 is 1.10 bits per heavy atom. The first-order valence-corrected chi connectivity index (χ1v) is 10.4. The molecule has 3 rings (SSSR count). The number of hydrogen-bond acceptors (Lipinski definition) is 6. The van der Waals surface area contributed by atoms with Gasteiger partial charge in [0, 0.05) is 12.0 Å². The zero-order valence-corrected chi connectivity index (χ0v) is 18.2. The van der Waals surface area contributed by atoms with E-state index < -0.39 is 0 Å². The molecule has 1 N–H and O–H groups in total. The quantitative estimate of drug-likeness (QED) is 0.375. The Kier molecular flexibility index (Phi) is 7.17. The molecule has 0 spiro atoms. The molecular weight excluding hydrogens is 406 g/mol. The third-order valence-electron chi connectivity index (χ3n) is 4.44. The molecule has 1 aliphatic heterocycles. The maximum Gasteiger partial charge on any atom is 0.263 e. The van der Waals surface area contributed by atoms with Gasteiger partial charge in [-0.25, -0.2) is 0 Å². The van der Waals surface area contributed by atoms with Crippen molar-refractivity contribution in [3.63, 3.8) is 0 Å². The molecule has 1 aliphatic rings.